The molecule has 0 aromatic heterocycles. The fourth-order valence-corrected chi connectivity index (χ4v) is 2.06. The monoisotopic (exact) mass is 275 g/mol. The first-order valence-electron chi connectivity index (χ1n) is 5.68. The molecule has 0 radical (unpaired) electrons. The van der Waals surface area contributed by atoms with Crippen LogP contribution in [0.25, 0.3) is 0 Å². The lowest BCUT2D eigenvalue weighted by atomic mass is 10.1. The van der Waals surface area contributed by atoms with Crippen LogP contribution in [0.3, 0.4) is 0 Å². The van der Waals surface area contributed by atoms with Gasteiger partial charge in [0.05, 0.1) is 0 Å². The van der Waals surface area contributed by atoms with Crippen molar-refractivity contribution in [2.45, 2.75) is 25.7 Å². The third kappa shape index (κ3) is 4.97. The van der Waals surface area contributed by atoms with Gasteiger partial charge < -0.3 is 4.90 Å². The number of aryl methyl sites for hydroxylation is 1. The minimum atomic E-state index is 0. The number of carbonyl (C=O) groups is 1. The molecule has 1 amide bonds. The molecule has 1 aromatic rings. The Kier molecular flexibility index (Phi) is 8.01. The molecule has 2 nitrogen and oxygen atoms in total. The lowest BCUT2D eigenvalue weighted by molar-refractivity contribution is -0.127. The van der Waals surface area contributed by atoms with E-state index in [0.717, 1.165) is 38.8 Å². The van der Waals surface area contributed by atoms with Gasteiger partial charge in [0.15, 0.2) is 0 Å². The van der Waals surface area contributed by atoms with Crippen molar-refractivity contribution in [3.8, 4) is 0 Å². The number of amides is 1. The summed E-state index contributed by atoms with van der Waals surface area (Å²) < 4.78 is 0. The Labute approximate surface area is 115 Å². The molecule has 4 heteroatoms. The fourth-order valence-electron chi connectivity index (χ4n) is 2.06. The minimum Gasteiger partial charge on any atom is -0.343 e. The highest BCUT2D eigenvalue weighted by Crippen LogP contribution is 2.11. The first kappa shape index (κ1) is 16.3. The smallest absolute Gasteiger partial charge is 0.222 e. The lowest BCUT2D eigenvalue weighted by Crippen LogP contribution is -2.25. The van der Waals surface area contributed by atoms with Gasteiger partial charge in [0.1, 0.15) is 0 Å². The van der Waals surface area contributed by atoms with E-state index in [2.05, 4.69) is 24.3 Å². The maximum Gasteiger partial charge on any atom is 0.222 e. The van der Waals surface area contributed by atoms with Crippen molar-refractivity contribution in [1.29, 1.82) is 0 Å². The molecule has 0 spiro atoms. The molecule has 1 aromatic carbocycles. The SMILES string of the molecule is Cl.Cl.O=C1CCCN1CCCc1ccccc1. The summed E-state index contributed by atoms with van der Waals surface area (Å²) in [4.78, 5) is 13.3. The van der Waals surface area contributed by atoms with Crippen LogP contribution in [0, 0.1) is 0 Å². The summed E-state index contributed by atoms with van der Waals surface area (Å²) in [6.07, 6.45) is 3.95. The Bertz CT molecular complexity index is 329. The number of benzene rings is 1. The van der Waals surface area contributed by atoms with Gasteiger partial charge in [0.25, 0.3) is 0 Å². The van der Waals surface area contributed by atoms with E-state index in [4.69, 9.17) is 0 Å². The predicted molar refractivity (Wildman–Crippen MR) is 75.1 cm³/mol. The van der Waals surface area contributed by atoms with Crippen LogP contribution in [0.5, 0.6) is 0 Å². The molecule has 0 aliphatic carbocycles. The van der Waals surface area contributed by atoms with Crippen molar-refractivity contribution >= 4 is 30.7 Å². The summed E-state index contributed by atoms with van der Waals surface area (Å²) in [5.41, 5.74) is 1.36. The van der Waals surface area contributed by atoms with Gasteiger partial charge >= 0.3 is 0 Å². The largest absolute Gasteiger partial charge is 0.343 e. The Balaban J connectivity index is 0.00000128. The van der Waals surface area contributed by atoms with Crippen molar-refractivity contribution in [3.63, 3.8) is 0 Å². The molecule has 1 heterocycles. The zero-order chi connectivity index (χ0) is 10.5. The van der Waals surface area contributed by atoms with Crippen molar-refractivity contribution < 1.29 is 4.79 Å². The molecule has 1 saturated heterocycles. The van der Waals surface area contributed by atoms with Crippen LogP contribution in [0.15, 0.2) is 30.3 Å². The second-order valence-corrected chi connectivity index (χ2v) is 4.07. The van der Waals surface area contributed by atoms with E-state index < -0.39 is 0 Å². The summed E-state index contributed by atoms with van der Waals surface area (Å²) in [6, 6.07) is 10.5. The molecule has 0 atom stereocenters. The van der Waals surface area contributed by atoms with Crippen LogP contribution in [-0.4, -0.2) is 23.9 Å². The van der Waals surface area contributed by atoms with Crippen LogP contribution in [0.1, 0.15) is 24.8 Å². The topological polar surface area (TPSA) is 20.3 Å². The zero-order valence-electron chi connectivity index (χ0n) is 9.80. The zero-order valence-corrected chi connectivity index (χ0v) is 11.4. The van der Waals surface area contributed by atoms with Crippen LogP contribution >= 0.6 is 24.8 Å². The number of carbonyl (C=O) groups excluding carboxylic acids is 1. The number of hydrogen-bond acceptors (Lipinski definition) is 1. The average molecular weight is 276 g/mol. The van der Waals surface area contributed by atoms with E-state index >= 15 is 0 Å². The number of likely N-dealkylation sites (tertiary alicyclic amines) is 1. The van der Waals surface area contributed by atoms with Crippen LogP contribution < -0.4 is 0 Å². The molecule has 17 heavy (non-hydrogen) atoms. The molecular weight excluding hydrogens is 257 g/mol. The van der Waals surface area contributed by atoms with Crippen LogP contribution in [-0.2, 0) is 11.2 Å². The molecule has 2 rings (SSSR count). The maximum atomic E-state index is 11.3. The summed E-state index contributed by atoms with van der Waals surface area (Å²) >= 11 is 0. The molecule has 0 unspecified atom stereocenters. The molecule has 0 saturated carbocycles. The second-order valence-electron chi connectivity index (χ2n) is 4.07. The Morgan fingerprint density at radius 2 is 1.82 bits per heavy atom. The van der Waals surface area contributed by atoms with Gasteiger partial charge in [-0.25, -0.2) is 0 Å². The molecule has 0 bridgehead atoms. The van der Waals surface area contributed by atoms with Gasteiger partial charge in [-0.2, -0.15) is 0 Å². The predicted octanol–water partition coefficient (Wildman–Crippen LogP) is 3.09. The van der Waals surface area contributed by atoms with Crippen molar-refractivity contribution in [2.75, 3.05) is 13.1 Å². The first-order chi connectivity index (χ1) is 7.36. The van der Waals surface area contributed by atoms with E-state index in [1.165, 1.54) is 5.56 Å². The van der Waals surface area contributed by atoms with Crippen molar-refractivity contribution in [1.82, 2.24) is 4.90 Å². The van der Waals surface area contributed by atoms with Gasteiger partial charge in [-0.15, -0.1) is 24.8 Å². The van der Waals surface area contributed by atoms with Gasteiger partial charge in [0.2, 0.25) is 5.91 Å². The molecule has 1 aliphatic rings. The Hall–Kier alpha value is -0.730. The highest BCUT2D eigenvalue weighted by Gasteiger charge is 2.18. The molecular formula is C13H19Cl2NO. The standard InChI is InChI=1S/C13H17NO.2ClH/c15-13-9-5-11-14(13)10-4-8-12-6-2-1-3-7-12;;/h1-3,6-7H,4-5,8-11H2;2*1H. The second kappa shape index (κ2) is 8.37. The van der Waals surface area contributed by atoms with Crippen molar-refractivity contribution in [3.05, 3.63) is 35.9 Å². The van der Waals surface area contributed by atoms with E-state index in [0.29, 0.717) is 5.91 Å². The first-order valence-corrected chi connectivity index (χ1v) is 5.68. The minimum absolute atomic E-state index is 0. The summed E-state index contributed by atoms with van der Waals surface area (Å²) in [7, 11) is 0. The van der Waals surface area contributed by atoms with E-state index in [1.807, 2.05) is 11.0 Å². The summed E-state index contributed by atoms with van der Waals surface area (Å²) in [6.45, 7) is 1.89. The van der Waals surface area contributed by atoms with Gasteiger partial charge in [-0.3, -0.25) is 4.79 Å². The highest BCUT2D eigenvalue weighted by atomic mass is 35.5. The van der Waals surface area contributed by atoms with Gasteiger partial charge in [-0.1, -0.05) is 30.3 Å². The normalized spacial score (nSPS) is 14.1. The number of rotatable bonds is 4. The Morgan fingerprint density at radius 1 is 1.12 bits per heavy atom. The average Bonchev–Trinajstić information content (AvgIpc) is 2.66. The quantitative estimate of drug-likeness (QED) is 0.827. The van der Waals surface area contributed by atoms with E-state index in [1.54, 1.807) is 0 Å². The molecule has 0 N–H and O–H groups in total. The molecule has 1 fully saturated rings. The highest BCUT2D eigenvalue weighted by molar-refractivity contribution is 5.85. The summed E-state index contributed by atoms with van der Waals surface area (Å²) in [5, 5.41) is 0. The molecule has 1 aliphatic heterocycles. The fraction of sp³-hybridized carbons (Fsp3) is 0.462. The van der Waals surface area contributed by atoms with Gasteiger partial charge in [-0.05, 0) is 24.8 Å². The van der Waals surface area contributed by atoms with E-state index in [-0.39, 0.29) is 24.8 Å². The maximum absolute atomic E-state index is 11.3. The number of halogens is 2. The molecule has 96 valence electrons. The third-order valence-corrected chi connectivity index (χ3v) is 2.91. The van der Waals surface area contributed by atoms with Gasteiger partial charge in [0, 0.05) is 19.5 Å². The Morgan fingerprint density at radius 3 is 2.41 bits per heavy atom. The lowest BCUT2D eigenvalue weighted by Gasteiger charge is -2.14. The number of hydrogen-bond donors (Lipinski definition) is 0. The summed E-state index contributed by atoms with van der Waals surface area (Å²) in [5.74, 6) is 0.336. The van der Waals surface area contributed by atoms with Crippen molar-refractivity contribution in [2.24, 2.45) is 0 Å². The van der Waals surface area contributed by atoms with E-state index in [9.17, 15) is 4.79 Å². The third-order valence-electron chi connectivity index (χ3n) is 2.91. The van der Waals surface area contributed by atoms with Crippen LogP contribution in [0.2, 0.25) is 0 Å². The number of nitrogens with zero attached hydrogens (tertiary/aromatic N) is 1. The van der Waals surface area contributed by atoms with Crippen LogP contribution in [0.4, 0.5) is 0 Å².